The molecule has 3 aliphatic rings. The third kappa shape index (κ3) is 2.25. The monoisotopic (exact) mass is 250 g/mol. The van der Waals surface area contributed by atoms with Gasteiger partial charge in [0, 0.05) is 32.1 Å². The fourth-order valence-corrected chi connectivity index (χ4v) is 3.28. The Kier molecular flexibility index (Phi) is 3.04. The van der Waals surface area contributed by atoms with Gasteiger partial charge >= 0.3 is 0 Å². The number of hydrogen-bond acceptors (Lipinski definition) is 2. The Morgan fingerprint density at radius 2 is 2.00 bits per heavy atom. The molecular formula is C14H22N2O2. The van der Waals surface area contributed by atoms with E-state index in [1.54, 1.807) is 0 Å². The van der Waals surface area contributed by atoms with Gasteiger partial charge in [-0.05, 0) is 31.6 Å². The summed E-state index contributed by atoms with van der Waals surface area (Å²) < 4.78 is 0. The molecule has 0 bridgehead atoms. The summed E-state index contributed by atoms with van der Waals surface area (Å²) in [5, 5.41) is 0. The van der Waals surface area contributed by atoms with E-state index >= 15 is 0 Å². The lowest BCUT2D eigenvalue weighted by Gasteiger charge is -2.32. The number of piperidine rings is 1. The molecule has 2 heterocycles. The van der Waals surface area contributed by atoms with Crippen LogP contribution in [-0.2, 0) is 9.59 Å². The number of likely N-dealkylation sites (tertiary alicyclic amines) is 2. The average molecular weight is 250 g/mol. The Hall–Kier alpha value is -1.06. The highest BCUT2D eigenvalue weighted by Crippen LogP contribution is 2.33. The quantitative estimate of drug-likeness (QED) is 0.740. The van der Waals surface area contributed by atoms with Gasteiger partial charge in [0.05, 0.1) is 5.92 Å². The number of carbonyl (C=O) groups is 2. The van der Waals surface area contributed by atoms with Crippen LogP contribution < -0.4 is 0 Å². The third-order valence-corrected chi connectivity index (χ3v) is 4.46. The van der Waals surface area contributed by atoms with Gasteiger partial charge in [-0.3, -0.25) is 9.59 Å². The van der Waals surface area contributed by atoms with Crippen LogP contribution in [0.3, 0.4) is 0 Å². The minimum absolute atomic E-state index is 0.0663. The lowest BCUT2D eigenvalue weighted by Crippen LogP contribution is -2.43. The van der Waals surface area contributed by atoms with Crippen LogP contribution >= 0.6 is 0 Å². The summed E-state index contributed by atoms with van der Waals surface area (Å²) in [4.78, 5) is 28.2. The molecule has 18 heavy (non-hydrogen) atoms. The normalized spacial score (nSPS) is 33.1. The van der Waals surface area contributed by atoms with Crippen LogP contribution in [0.4, 0.5) is 0 Å². The maximum Gasteiger partial charge on any atom is 0.228 e. The highest BCUT2D eigenvalue weighted by Gasteiger charge is 2.43. The van der Waals surface area contributed by atoms with Crippen LogP contribution in [0.25, 0.3) is 0 Å². The second-order valence-electron chi connectivity index (χ2n) is 6.21. The molecule has 3 fully saturated rings. The van der Waals surface area contributed by atoms with Crippen LogP contribution in [-0.4, -0.2) is 47.3 Å². The van der Waals surface area contributed by atoms with E-state index in [-0.39, 0.29) is 17.7 Å². The minimum Gasteiger partial charge on any atom is -0.342 e. The van der Waals surface area contributed by atoms with Crippen LogP contribution in [0.15, 0.2) is 0 Å². The highest BCUT2D eigenvalue weighted by molar-refractivity contribution is 5.89. The molecule has 4 nitrogen and oxygen atoms in total. The standard InChI is InChI=1S/C14H22N2O2/c1-10-3-2-6-15(8-10)14(18)11-7-13(17)16(9-11)12-4-5-12/h10-12H,2-9H2,1H3. The van der Waals surface area contributed by atoms with Crippen molar-refractivity contribution in [3.63, 3.8) is 0 Å². The fourth-order valence-electron chi connectivity index (χ4n) is 3.28. The van der Waals surface area contributed by atoms with Gasteiger partial charge in [-0.15, -0.1) is 0 Å². The molecule has 0 aromatic heterocycles. The van der Waals surface area contributed by atoms with Crippen molar-refractivity contribution in [2.75, 3.05) is 19.6 Å². The molecule has 1 saturated carbocycles. The smallest absolute Gasteiger partial charge is 0.228 e. The molecule has 0 N–H and O–H groups in total. The summed E-state index contributed by atoms with van der Waals surface area (Å²) in [6, 6.07) is 0.454. The van der Waals surface area contributed by atoms with Crippen molar-refractivity contribution in [2.24, 2.45) is 11.8 Å². The predicted molar refractivity (Wildman–Crippen MR) is 67.8 cm³/mol. The van der Waals surface area contributed by atoms with E-state index < -0.39 is 0 Å². The maximum absolute atomic E-state index is 12.4. The zero-order chi connectivity index (χ0) is 12.7. The first-order valence-electron chi connectivity index (χ1n) is 7.23. The fraction of sp³-hybridized carbons (Fsp3) is 0.857. The van der Waals surface area contributed by atoms with Crippen LogP contribution in [0.2, 0.25) is 0 Å². The summed E-state index contributed by atoms with van der Waals surface area (Å²) in [7, 11) is 0. The second kappa shape index (κ2) is 4.56. The Bertz CT molecular complexity index is 365. The first kappa shape index (κ1) is 12.0. The lowest BCUT2D eigenvalue weighted by molar-refractivity contribution is -0.137. The van der Waals surface area contributed by atoms with E-state index in [1.165, 1.54) is 6.42 Å². The second-order valence-corrected chi connectivity index (χ2v) is 6.21. The molecule has 2 unspecified atom stereocenters. The largest absolute Gasteiger partial charge is 0.342 e. The van der Waals surface area contributed by atoms with E-state index in [9.17, 15) is 9.59 Å². The molecule has 2 saturated heterocycles. The number of amides is 2. The van der Waals surface area contributed by atoms with Gasteiger partial charge in [0.1, 0.15) is 0 Å². The Labute approximate surface area is 108 Å². The van der Waals surface area contributed by atoms with Crippen molar-refractivity contribution in [2.45, 2.75) is 45.1 Å². The zero-order valence-corrected chi connectivity index (χ0v) is 11.1. The predicted octanol–water partition coefficient (Wildman–Crippen LogP) is 1.26. The molecular weight excluding hydrogens is 228 g/mol. The van der Waals surface area contributed by atoms with E-state index in [0.29, 0.717) is 24.9 Å². The topological polar surface area (TPSA) is 40.6 Å². The first-order chi connectivity index (χ1) is 8.65. The van der Waals surface area contributed by atoms with Gasteiger partial charge < -0.3 is 9.80 Å². The van der Waals surface area contributed by atoms with Crippen molar-refractivity contribution < 1.29 is 9.59 Å². The van der Waals surface area contributed by atoms with Crippen LogP contribution in [0, 0.1) is 11.8 Å². The molecule has 2 amide bonds. The van der Waals surface area contributed by atoms with Gasteiger partial charge in [0.15, 0.2) is 0 Å². The summed E-state index contributed by atoms with van der Waals surface area (Å²) in [6.07, 6.45) is 5.04. The molecule has 0 aromatic carbocycles. The Morgan fingerprint density at radius 1 is 1.22 bits per heavy atom. The lowest BCUT2D eigenvalue weighted by atomic mass is 9.98. The van der Waals surface area contributed by atoms with Gasteiger partial charge in [0.2, 0.25) is 11.8 Å². The number of nitrogens with zero attached hydrogens (tertiary/aromatic N) is 2. The molecule has 2 atom stereocenters. The average Bonchev–Trinajstić information content (AvgIpc) is 3.12. The highest BCUT2D eigenvalue weighted by atomic mass is 16.2. The van der Waals surface area contributed by atoms with Crippen LogP contribution in [0.1, 0.15) is 39.0 Å². The van der Waals surface area contributed by atoms with Crippen molar-refractivity contribution in [1.29, 1.82) is 0 Å². The summed E-state index contributed by atoms with van der Waals surface area (Å²) >= 11 is 0. The van der Waals surface area contributed by atoms with Crippen molar-refractivity contribution >= 4 is 11.8 Å². The maximum atomic E-state index is 12.4. The number of hydrogen-bond donors (Lipinski definition) is 0. The summed E-state index contributed by atoms with van der Waals surface area (Å²) in [5.41, 5.74) is 0. The SMILES string of the molecule is CC1CCCN(C(=O)C2CC(=O)N(C3CC3)C2)C1. The van der Waals surface area contributed by atoms with Crippen LogP contribution in [0.5, 0.6) is 0 Å². The van der Waals surface area contributed by atoms with Gasteiger partial charge in [-0.25, -0.2) is 0 Å². The minimum atomic E-state index is -0.0663. The van der Waals surface area contributed by atoms with Crippen molar-refractivity contribution in [1.82, 2.24) is 9.80 Å². The first-order valence-corrected chi connectivity index (χ1v) is 7.23. The molecule has 0 spiro atoms. The molecule has 1 aliphatic carbocycles. The van der Waals surface area contributed by atoms with E-state index in [0.717, 1.165) is 32.4 Å². The van der Waals surface area contributed by atoms with Gasteiger partial charge in [-0.2, -0.15) is 0 Å². The van der Waals surface area contributed by atoms with E-state index in [2.05, 4.69) is 6.92 Å². The zero-order valence-electron chi connectivity index (χ0n) is 11.1. The summed E-state index contributed by atoms with van der Waals surface area (Å²) in [5.74, 6) is 0.960. The number of carbonyl (C=O) groups excluding carboxylic acids is 2. The Balaban J connectivity index is 1.61. The third-order valence-electron chi connectivity index (χ3n) is 4.46. The molecule has 2 aliphatic heterocycles. The van der Waals surface area contributed by atoms with E-state index in [1.807, 2.05) is 9.80 Å². The molecule has 0 radical (unpaired) electrons. The Morgan fingerprint density at radius 3 is 2.67 bits per heavy atom. The number of rotatable bonds is 2. The summed E-state index contributed by atoms with van der Waals surface area (Å²) in [6.45, 7) is 4.65. The molecule has 3 rings (SSSR count). The molecule has 100 valence electrons. The van der Waals surface area contributed by atoms with E-state index in [4.69, 9.17) is 0 Å². The van der Waals surface area contributed by atoms with Gasteiger partial charge in [0.25, 0.3) is 0 Å². The molecule has 0 aromatic rings. The van der Waals surface area contributed by atoms with Gasteiger partial charge in [-0.1, -0.05) is 6.92 Å². The van der Waals surface area contributed by atoms with Crippen molar-refractivity contribution in [3.8, 4) is 0 Å². The molecule has 4 heteroatoms. The van der Waals surface area contributed by atoms with Crippen molar-refractivity contribution in [3.05, 3.63) is 0 Å².